The van der Waals surface area contributed by atoms with Crippen LogP contribution in [0.2, 0.25) is 0 Å². The van der Waals surface area contributed by atoms with Gasteiger partial charge in [-0.1, -0.05) is 12.1 Å². The van der Waals surface area contributed by atoms with Crippen molar-refractivity contribution in [2.45, 2.75) is 39.3 Å². The first-order chi connectivity index (χ1) is 15.2. The maximum Gasteiger partial charge on any atom is 0.407 e. The highest BCUT2D eigenvalue weighted by molar-refractivity contribution is 5.97. The quantitative estimate of drug-likeness (QED) is 0.451. The number of nitrogens with one attached hydrogen (secondary N) is 4. The van der Waals surface area contributed by atoms with Gasteiger partial charge in [-0.05, 0) is 56.7 Å². The molecule has 0 radical (unpaired) electrons. The van der Waals surface area contributed by atoms with E-state index in [1.54, 1.807) is 63.5 Å². The van der Waals surface area contributed by atoms with Gasteiger partial charge in [0.25, 0.3) is 5.91 Å². The molecular weight excluding hydrogens is 410 g/mol. The number of fused-ring (bicyclic) bond motifs is 1. The summed E-state index contributed by atoms with van der Waals surface area (Å²) < 4.78 is 5.13. The smallest absolute Gasteiger partial charge is 0.407 e. The summed E-state index contributed by atoms with van der Waals surface area (Å²) in [5.41, 5.74) is 2.98. The van der Waals surface area contributed by atoms with Crippen LogP contribution in [0, 0.1) is 0 Å². The number of imidazole rings is 1. The molecular formula is C23H27N5O4. The molecule has 168 valence electrons. The fourth-order valence-corrected chi connectivity index (χ4v) is 2.94. The van der Waals surface area contributed by atoms with E-state index < -0.39 is 11.7 Å². The monoisotopic (exact) mass is 437 g/mol. The minimum Gasteiger partial charge on any atom is -0.444 e. The van der Waals surface area contributed by atoms with Crippen LogP contribution in [0.1, 0.15) is 43.1 Å². The second-order valence-corrected chi connectivity index (χ2v) is 8.24. The van der Waals surface area contributed by atoms with E-state index in [1.165, 1.54) is 0 Å². The van der Waals surface area contributed by atoms with E-state index >= 15 is 0 Å². The number of hydrogen-bond donors (Lipinski definition) is 4. The molecule has 0 fully saturated rings. The predicted molar refractivity (Wildman–Crippen MR) is 121 cm³/mol. The molecule has 0 saturated heterocycles. The van der Waals surface area contributed by atoms with Crippen LogP contribution in [0.3, 0.4) is 0 Å². The number of carbonyl (C=O) groups is 3. The zero-order valence-corrected chi connectivity index (χ0v) is 18.3. The number of rotatable bonds is 7. The summed E-state index contributed by atoms with van der Waals surface area (Å²) in [7, 11) is 0. The molecule has 32 heavy (non-hydrogen) atoms. The fourth-order valence-electron chi connectivity index (χ4n) is 2.94. The Balaban J connectivity index is 1.46. The zero-order valence-electron chi connectivity index (χ0n) is 18.3. The SMILES string of the molecule is CC(C)(C)OC(=O)NCCC(=O)Nc1cccc(CNC(=O)c2ccc3nc[nH]c3c2)c1. The third-order valence-corrected chi connectivity index (χ3v) is 4.37. The molecule has 3 amide bonds. The standard InChI is InChI=1S/C23H27N5O4/c1-23(2,3)32-22(31)24-10-9-20(29)28-17-6-4-5-15(11-17)13-25-21(30)16-7-8-18-19(12-16)27-14-26-18/h4-8,11-12,14H,9-10,13H2,1-3H3,(H,24,31)(H,25,30)(H,26,27)(H,28,29). The third kappa shape index (κ3) is 6.83. The van der Waals surface area contributed by atoms with Crippen molar-refractivity contribution in [1.82, 2.24) is 20.6 Å². The highest BCUT2D eigenvalue weighted by Gasteiger charge is 2.16. The van der Waals surface area contributed by atoms with Crippen molar-refractivity contribution in [2.75, 3.05) is 11.9 Å². The number of ether oxygens (including phenoxy) is 1. The van der Waals surface area contributed by atoms with Crippen molar-refractivity contribution in [3.8, 4) is 0 Å². The number of alkyl carbamates (subject to hydrolysis) is 1. The van der Waals surface area contributed by atoms with Gasteiger partial charge in [0, 0.05) is 30.8 Å². The van der Waals surface area contributed by atoms with Gasteiger partial charge < -0.3 is 25.7 Å². The topological polar surface area (TPSA) is 125 Å². The lowest BCUT2D eigenvalue weighted by Gasteiger charge is -2.19. The first-order valence-corrected chi connectivity index (χ1v) is 10.3. The predicted octanol–water partition coefficient (Wildman–Crippen LogP) is 3.35. The molecule has 0 aliphatic carbocycles. The summed E-state index contributed by atoms with van der Waals surface area (Å²) in [6, 6.07) is 12.5. The van der Waals surface area contributed by atoms with E-state index in [0.29, 0.717) is 17.8 Å². The summed E-state index contributed by atoms with van der Waals surface area (Å²) in [4.78, 5) is 43.3. The number of amides is 3. The molecule has 0 saturated carbocycles. The Morgan fingerprint density at radius 3 is 2.66 bits per heavy atom. The zero-order chi connectivity index (χ0) is 23.1. The Labute approximate surface area is 185 Å². The van der Waals surface area contributed by atoms with Crippen LogP contribution in [0.15, 0.2) is 48.8 Å². The van der Waals surface area contributed by atoms with Gasteiger partial charge >= 0.3 is 6.09 Å². The molecule has 2 aromatic carbocycles. The number of anilines is 1. The van der Waals surface area contributed by atoms with Crippen molar-refractivity contribution in [1.29, 1.82) is 0 Å². The number of H-pyrrole nitrogens is 1. The summed E-state index contributed by atoms with van der Waals surface area (Å²) in [5.74, 6) is -0.445. The first kappa shape index (κ1) is 22.8. The number of carbonyl (C=O) groups excluding carboxylic acids is 3. The Bertz CT molecular complexity index is 1120. The lowest BCUT2D eigenvalue weighted by Crippen LogP contribution is -2.34. The summed E-state index contributed by atoms with van der Waals surface area (Å²) >= 11 is 0. The lowest BCUT2D eigenvalue weighted by molar-refractivity contribution is -0.116. The minimum atomic E-state index is -0.589. The van der Waals surface area contributed by atoms with Crippen molar-refractivity contribution in [3.63, 3.8) is 0 Å². The second-order valence-electron chi connectivity index (χ2n) is 8.24. The lowest BCUT2D eigenvalue weighted by atomic mass is 10.1. The van der Waals surface area contributed by atoms with E-state index in [4.69, 9.17) is 4.74 Å². The van der Waals surface area contributed by atoms with Crippen molar-refractivity contribution in [3.05, 3.63) is 59.9 Å². The molecule has 0 bridgehead atoms. The number of aromatic amines is 1. The number of nitrogens with zero attached hydrogens (tertiary/aromatic N) is 1. The fraction of sp³-hybridized carbons (Fsp3) is 0.304. The van der Waals surface area contributed by atoms with Crippen LogP contribution in [0.25, 0.3) is 11.0 Å². The van der Waals surface area contributed by atoms with Gasteiger partial charge in [0.2, 0.25) is 5.91 Å². The van der Waals surface area contributed by atoms with Crippen molar-refractivity contribution >= 4 is 34.6 Å². The van der Waals surface area contributed by atoms with Gasteiger partial charge in [-0.2, -0.15) is 0 Å². The molecule has 9 nitrogen and oxygen atoms in total. The van der Waals surface area contributed by atoms with E-state index in [0.717, 1.165) is 16.6 Å². The van der Waals surface area contributed by atoms with E-state index in [2.05, 4.69) is 25.9 Å². The summed E-state index contributed by atoms with van der Waals surface area (Å²) in [6.07, 6.45) is 1.13. The molecule has 3 rings (SSSR count). The Morgan fingerprint density at radius 2 is 1.88 bits per heavy atom. The average Bonchev–Trinajstić information content (AvgIpc) is 3.19. The average molecular weight is 438 g/mol. The van der Waals surface area contributed by atoms with E-state index in [1.807, 2.05) is 6.07 Å². The maximum atomic E-state index is 12.4. The van der Waals surface area contributed by atoms with Crippen LogP contribution >= 0.6 is 0 Å². The van der Waals surface area contributed by atoms with Gasteiger partial charge in [-0.3, -0.25) is 9.59 Å². The molecule has 0 aliphatic rings. The van der Waals surface area contributed by atoms with E-state index in [9.17, 15) is 14.4 Å². The van der Waals surface area contributed by atoms with Crippen LogP contribution < -0.4 is 16.0 Å². The van der Waals surface area contributed by atoms with Crippen LogP contribution in [0.4, 0.5) is 10.5 Å². The summed E-state index contributed by atoms with van der Waals surface area (Å²) in [5, 5.41) is 8.21. The minimum absolute atomic E-state index is 0.107. The second kappa shape index (κ2) is 9.95. The van der Waals surface area contributed by atoms with Gasteiger partial charge in [-0.15, -0.1) is 0 Å². The Morgan fingerprint density at radius 1 is 1.06 bits per heavy atom. The van der Waals surface area contributed by atoms with Crippen LogP contribution in [0.5, 0.6) is 0 Å². The number of aromatic nitrogens is 2. The molecule has 0 unspecified atom stereocenters. The largest absolute Gasteiger partial charge is 0.444 e. The molecule has 0 aliphatic heterocycles. The normalized spacial score (nSPS) is 11.1. The molecule has 4 N–H and O–H groups in total. The van der Waals surface area contributed by atoms with Crippen molar-refractivity contribution in [2.24, 2.45) is 0 Å². The van der Waals surface area contributed by atoms with Crippen molar-refractivity contribution < 1.29 is 19.1 Å². The van der Waals surface area contributed by atoms with E-state index in [-0.39, 0.29) is 24.8 Å². The van der Waals surface area contributed by atoms with Crippen LogP contribution in [-0.4, -0.2) is 40.0 Å². The Kier molecular flexibility index (Phi) is 7.09. The van der Waals surface area contributed by atoms with Crippen LogP contribution in [-0.2, 0) is 16.1 Å². The highest BCUT2D eigenvalue weighted by Crippen LogP contribution is 2.13. The van der Waals surface area contributed by atoms with Gasteiger partial charge in [-0.25, -0.2) is 9.78 Å². The van der Waals surface area contributed by atoms with Gasteiger partial charge in [0.15, 0.2) is 0 Å². The number of hydrogen-bond acceptors (Lipinski definition) is 5. The van der Waals surface area contributed by atoms with Gasteiger partial charge in [0.05, 0.1) is 17.4 Å². The third-order valence-electron chi connectivity index (χ3n) is 4.37. The first-order valence-electron chi connectivity index (χ1n) is 10.3. The molecule has 9 heteroatoms. The molecule has 0 spiro atoms. The molecule has 1 aromatic heterocycles. The molecule has 1 heterocycles. The number of benzene rings is 2. The summed E-state index contributed by atoms with van der Waals surface area (Å²) in [6.45, 7) is 5.78. The molecule has 3 aromatic rings. The Hall–Kier alpha value is -3.88. The maximum absolute atomic E-state index is 12.4. The molecule has 0 atom stereocenters. The highest BCUT2D eigenvalue weighted by atomic mass is 16.6. The van der Waals surface area contributed by atoms with Gasteiger partial charge in [0.1, 0.15) is 5.60 Å².